The number of rotatable bonds is 7. The van der Waals surface area contributed by atoms with Crippen LogP contribution in [0.5, 0.6) is 0 Å². The van der Waals surface area contributed by atoms with Crippen LogP contribution in [0.3, 0.4) is 0 Å². The van der Waals surface area contributed by atoms with E-state index in [1.165, 1.54) is 0 Å². The first kappa shape index (κ1) is 32.2. The monoisotopic (exact) mass is 616 g/mol. The summed E-state index contributed by atoms with van der Waals surface area (Å²) in [5.41, 5.74) is -0.984. The molecule has 0 aromatic rings. The molecule has 234 valence electrons. The minimum atomic E-state index is -6.53. The molecule has 4 saturated carbocycles. The molecule has 0 saturated heterocycles. The fourth-order valence-electron chi connectivity index (χ4n) is 8.86. The Hall–Kier alpha value is -1.67. The second-order valence-electron chi connectivity index (χ2n) is 13.1. The molecule has 0 aliphatic heterocycles. The number of Topliss-reactive ketones (excluding diaryl/α,β-unsaturated/α-hetero) is 2. The lowest BCUT2D eigenvalue weighted by Gasteiger charge is -2.61. The van der Waals surface area contributed by atoms with Gasteiger partial charge in [-0.05, 0) is 67.1 Å². The van der Waals surface area contributed by atoms with Crippen molar-refractivity contribution in [3.8, 4) is 0 Å². The highest BCUT2D eigenvalue weighted by Crippen LogP contribution is 2.67. The van der Waals surface area contributed by atoms with E-state index >= 15 is 0 Å². The zero-order valence-electron chi connectivity index (χ0n) is 23.1. The van der Waals surface area contributed by atoms with Crippen LogP contribution in [-0.2, 0) is 29.2 Å². The molecule has 0 spiro atoms. The van der Waals surface area contributed by atoms with Gasteiger partial charge in [0, 0.05) is 37.0 Å². The van der Waals surface area contributed by atoms with Gasteiger partial charge >= 0.3 is 27.5 Å². The number of fused-ring (bicyclic) bond motifs is 5. The first-order chi connectivity index (χ1) is 18.7. The molecule has 0 radical (unpaired) electrons. The van der Waals surface area contributed by atoms with E-state index in [1.807, 2.05) is 6.92 Å². The second kappa shape index (κ2) is 10.5. The predicted octanol–water partition coefficient (Wildman–Crippen LogP) is 4.74. The van der Waals surface area contributed by atoms with E-state index in [2.05, 4.69) is 11.7 Å². The van der Waals surface area contributed by atoms with Gasteiger partial charge in [0.1, 0.15) is 11.6 Å². The van der Waals surface area contributed by atoms with Gasteiger partial charge in [0.15, 0.2) is 0 Å². The first-order valence-electron chi connectivity index (χ1n) is 14.0. The van der Waals surface area contributed by atoms with Crippen molar-refractivity contribution in [3.63, 3.8) is 0 Å². The van der Waals surface area contributed by atoms with Crippen LogP contribution in [0.15, 0.2) is 0 Å². The Balaban J connectivity index is 1.47. The van der Waals surface area contributed by atoms with Crippen LogP contribution in [0.4, 0.5) is 22.0 Å². The molecule has 4 aliphatic rings. The molecular weight excluding hydrogens is 579 g/mol. The fourth-order valence-corrected chi connectivity index (χ4v) is 9.31. The zero-order chi connectivity index (χ0) is 30.9. The summed E-state index contributed by atoms with van der Waals surface area (Å²) >= 11 is 0. The van der Waals surface area contributed by atoms with Gasteiger partial charge in [-0.1, -0.05) is 20.8 Å². The Morgan fingerprint density at radius 2 is 1.73 bits per heavy atom. The van der Waals surface area contributed by atoms with Gasteiger partial charge in [0.05, 0.1) is 6.10 Å². The molecule has 2 N–H and O–H groups in total. The number of carbonyl (C=O) groups is 3. The van der Waals surface area contributed by atoms with Crippen molar-refractivity contribution in [2.24, 2.45) is 46.3 Å². The molecular formula is C27H37F5O8S. The molecule has 0 amide bonds. The third-order valence-corrected chi connectivity index (χ3v) is 12.1. The number of hydrogen-bond acceptors (Lipinski definition) is 7. The fraction of sp³-hybridized carbons (Fsp3) is 0.889. The number of aliphatic hydroxyl groups is 1. The van der Waals surface area contributed by atoms with Gasteiger partial charge in [-0.25, -0.2) is 0 Å². The Labute approximate surface area is 235 Å². The maximum absolute atomic E-state index is 13.8. The van der Waals surface area contributed by atoms with Crippen LogP contribution < -0.4 is 0 Å². The summed E-state index contributed by atoms with van der Waals surface area (Å²) in [6.07, 6.45) is -8.62. The largest absolute Gasteiger partial charge is 0.445 e. The summed E-state index contributed by atoms with van der Waals surface area (Å²) in [5, 5.41) is 5.74. The maximum atomic E-state index is 13.8. The van der Waals surface area contributed by atoms with E-state index in [-0.39, 0.29) is 58.9 Å². The topological polar surface area (TPSA) is 135 Å². The number of aliphatic hydroxyl groups excluding tert-OH is 1. The van der Waals surface area contributed by atoms with Crippen molar-refractivity contribution < 1.29 is 59.1 Å². The molecule has 0 bridgehead atoms. The highest BCUT2D eigenvalue weighted by Gasteiger charge is 2.67. The number of alkyl halides is 5. The number of esters is 1. The summed E-state index contributed by atoms with van der Waals surface area (Å²) in [4.78, 5) is 37.8. The maximum Gasteiger partial charge on any atom is 0.432 e. The van der Waals surface area contributed by atoms with Crippen molar-refractivity contribution in [3.05, 3.63) is 0 Å². The smallest absolute Gasteiger partial charge is 0.432 e. The lowest BCUT2D eigenvalue weighted by atomic mass is 9.43. The summed E-state index contributed by atoms with van der Waals surface area (Å²) in [6.45, 7) is 5.73. The van der Waals surface area contributed by atoms with Crippen molar-refractivity contribution in [2.75, 3.05) is 0 Å². The van der Waals surface area contributed by atoms with Crippen LogP contribution in [0.1, 0.15) is 78.6 Å². The van der Waals surface area contributed by atoms with Crippen molar-refractivity contribution in [1.29, 1.82) is 0 Å². The molecule has 4 aliphatic carbocycles. The normalized spacial score (nSPS) is 39.4. The Morgan fingerprint density at radius 3 is 2.32 bits per heavy atom. The molecule has 10 atom stereocenters. The molecule has 14 heteroatoms. The first-order valence-corrected chi connectivity index (χ1v) is 15.4. The minimum Gasteiger partial charge on any atom is -0.445 e. The molecule has 0 aromatic heterocycles. The summed E-state index contributed by atoms with van der Waals surface area (Å²) in [5.74, 6) is -2.68. The highest BCUT2D eigenvalue weighted by molar-refractivity contribution is 7.86. The SMILES string of the molecule is C[C@H](CCC(=O)OC(C(F)(F)F)C(F)(F)S(=O)(=O)O)[C@H]1CC[C@H]2[C@@H]3C(=O)C[C@@H]4CC(=O)CC[C@]4(C)[C@H]3CC(O)[C@]12C. The quantitative estimate of drug-likeness (QED) is 0.238. The van der Waals surface area contributed by atoms with E-state index in [0.717, 1.165) is 0 Å². The molecule has 0 heterocycles. The van der Waals surface area contributed by atoms with Crippen molar-refractivity contribution in [2.45, 2.75) is 102 Å². The minimum absolute atomic E-state index is 0.0510. The van der Waals surface area contributed by atoms with Gasteiger partial charge in [0.2, 0.25) is 0 Å². The number of ether oxygens (including phenoxy) is 1. The second-order valence-corrected chi connectivity index (χ2v) is 14.6. The van der Waals surface area contributed by atoms with Gasteiger partial charge in [-0.15, -0.1) is 0 Å². The van der Waals surface area contributed by atoms with Crippen molar-refractivity contribution in [1.82, 2.24) is 0 Å². The van der Waals surface area contributed by atoms with Gasteiger partial charge < -0.3 is 9.84 Å². The van der Waals surface area contributed by atoms with Crippen LogP contribution in [0, 0.1) is 46.3 Å². The van der Waals surface area contributed by atoms with E-state index in [1.54, 1.807) is 6.92 Å². The van der Waals surface area contributed by atoms with Gasteiger partial charge in [-0.3, -0.25) is 18.9 Å². The average Bonchev–Trinajstić information content (AvgIpc) is 3.19. The molecule has 41 heavy (non-hydrogen) atoms. The van der Waals surface area contributed by atoms with Crippen LogP contribution in [0.2, 0.25) is 0 Å². The Morgan fingerprint density at radius 1 is 1.10 bits per heavy atom. The average molecular weight is 617 g/mol. The third kappa shape index (κ3) is 5.34. The molecule has 4 fully saturated rings. The zero-order valence-corrected chi connectivity index (χ0v) is 23.9. The number of halogens is 5. The third-order valence-electron chi connectivity index (χ3n) is 11.2. The summed E-state index contributed by atoms with van der Waals surface area (Å²) in [6, 6.07) is 0. The molecule has 0 aromatic carbocycles. The van der Waals surface area contributed by atoms with Crippen LogP contribution >= 0.6 is 0 Å². The molecule has 4 rings (SSSR count). The predicted molar refractivity (Wildman–Crippen MR) is 133 cm³/mol. The van der Waals surface area contributed by atoms with Crippen molar-refractivity contribution >= 4 is 27.7 Å². The number of hydrogen-bond donors (Lipinski definition) is 2. The van der Waals surface area contributed by atoms with E-state index in [4.69, 9.17) is 4.55 Å². The Bertz CT molecular complexity index is 1190. The number of carbonyl (C=O) groups excluding carboxylic acids is 3. The van der Waals surface area contributed by atoms with E-state index < -0.39 is 51.6 Å². The molecule has 2 unspecified atom stereocenters. The standard InChI is InChI=1S/C27H37F5O8S/c1-13(4-7-21(36)40-23(26(28,29)30)27(31,32)41(37,38)39)16-5-6-17-22-18(12-20(35)25(16,17)3)24(2)9-8-15(33)10-14(24)11-19(22)34/h13-14,16-18,20,22-23,35H,4-12H2,1-3H3,(H,37,38,39)/t13-,14+,16-,17+,18+,20?,22+,23?,24+,25-/m1/s1. The summed E-state index contributed by atoms with van der Waals surface area (Å²) < 4.78 is 101. The highest BCUT2D eigenvalue weighted by atomic mass is 32.2. The van der Waals surface area contributed by atoms with Gasteiger partial charge in [-0.2, -0.15) is 30.4 Å². The molecule has 8 nitrogen and oxygen atoms in total. The summed E-state index contributed by atoms with van der Waals surface area (Å²) in [7, 11) is -6.53. The lowest BCUT2D eigenvalue weighted by Crippen LogP contribution is -2.61. The van der Waals surface area contributed by atoms with E-state index in [0.29, 0.717) is 44.9 Å². The van der Waals surface area contributed by atoms with E-state index in [9.17, 15) is 49.9 Å². The van der Waals surface area contributed by atoms with Crippen LogP contribution in [0.25, 0.3) is 0 Å². The Kier molecular flexibility index (Phi) is 8.26. The number of ketones is 2. The van der Waals surface area contributed by atoms with Crippen LogP contribution in [-0.4, -0.2) is 59.3 Å². The lowest BCUT2D eigenvalue weighted by molar-refractivity contribution is -0.259. The van der Waals surface area contributed by atoms with Gasteiger partial charge in [0.25, 0.3) is 6.10 Å².